The third kappa shape index (κ3) is 4.58. The Bertz CT molecular complexity index is 1170. The van der Waals surface area contributed by atoms with E-state index in [1.165, 1.54) is 0 Å². The molecule has 0 aliphatic heterocycles. The molecule has 9 nitrogen and oxygen atoms in total. The number of thioether (sulfide) groups is 1. The first-order valence-corrected chi connectivity index (χ1v) is 11.5. The number of tetrazole rings is 1. The summed E-state index contributed by atoms with van der Waals surface area (Å²) in [7, 11) is 0. The van der Waals surface area contributed by atoms with E-state index in [4.69, 9.17) is 0 Å². The molecule has 0 unspecified atom stereocenters. The van der Waals surface area contributed by atoms with Crippen LogP contribution in [0.25, 0.3) is 17.0 Å². The molecule has 0 aliphatic rings. The standard InChI is InChI=1S/C21H24N8OS/c1-14(2)29-26-19(24-27-29)15-7-9-16(10-8-15)21(30)22-17(11-13-31-3)20-25-23-18-6-4-5-12-28(18)20/h4-10,12,14,17H,11,13H2,1-3H3,(H,22,30)/t17-/m0/s1. The lowest BCUT2D eigenvalue weighted by Gasteiger charge is -2.17. The second kappa shape index (κ2) is 9.25. The van der Waals surface area contributed by atoms with Gasteiger partial charge in [-0.05, 0) is 61.8 Å². The van der Waals surface area contributed by atoms with Crippen LogP contribution < -0.4 is 5.32 Å². The van der Waals surface area contributed by atoms with E-state index in [2.05, 4.69) is 30.9 Å². The SMILES string of the molecule is CSCC[C@H](NC(=O)c1ccc(-c2nnn(C(C)C)n2)cc1)c1nnc2ccccn12. The van der Waals surface area contributed by atoms with E-state index in [1.807, 2.05) is 61.0 Å². The molecule has 1 atom stereocenters. The highest BCUT2D eigenvalue weighted by Crippen LogP contribution is 2.20. The zero-order valence-corrected chi connectivity index (χ0v) is 18.5. The lowest BCUT2D eigenvalue weighted by Crippen LogP contribution is -2.30. The summed E-state index contributed by atoms with van der Waals surface area (Å²) in [6.07, 6.45) is 4.71. The number of carbonyl (C=O) groups is 1. The molecule has 0 saturated heterocycles. The van der Waals surface area contributed by atoms with Crippen LogP contribution >= 0.6 is 11.8 Å². The van der Waals surface area contributed by atoms with Crippen LogP contribution in [0.3, 0.4) is 0 Å². The van der Waals surface area contributed by atoms with Crippen LogP contribution in [0.5, 0.6) is 0 Å². The third-order valence-corrected chi connectivity index (χ3v) is 5.51. The van der Waals surface area contributed by atoms with Crippen molar-refractivity contribution in [2.45, 2.75) is 32.4 Å². The van der Waals surface area contributed by atoms with Crippen molar-refractivity contribution in [1.82, 2.24) is 40.1 Å². The number of pyridine rings is 1. The molecule has 0 bridgehead atoms. The van der Waals surface area contributed by atoms with Crippen molar-refractivity contribution in [2.75, 3.05) is 12.0 Å². The number of aromatic nitrogens is 7. The molecule has 1 N–H and O–H groups in total. The number of nitrogens with zero attached hydrogens (tertiary/aromatic N) is 7. The molecule has 4 aromatic rings. The number of benzene rings is 1. The molecule has 1 aromatic carbocycles. The number of hydrogen-bond acceptors (Lipinski definition) is 7. The van der Waals surface area contributed by atoms with Crippen molar-refractivity contribution in [3.05, 3.63) is 60.0 Å². The van der Waals surface area contributed by atoms with E-state index in [0.29, 0.717) is 11.4 Å². The molecule has 0 fully saturated rings. The van der Waals surface area contributed by atoms with Crippen LogP contribution in [-0.2, 0) is 0 Å². The Labute approximate surface area is 184 Å². The van der Waals surface area contributed by atoms with Gasteiger partial charge in [-0.3, -0.25) is 9.20 Å². The Morgan fingerprint density at radius 2 is 1.90 bits per heavy atom. The molecule has 3 heterocycles. The highest BCUT2D eigenvalue weighted by molar-refractivity contribution is 7.98. The number of fused-ring (bicyclic) bond motifs is 1. The first-order chi connectivity index (χ1) is 15.1. The minimum atomic E-state index is -0.246. The molecule has 0 aliphatic carbocycles. The van der Waals surface area contributed by atoms with Crippen molar-refractivity contribution in [1.29, 1.82) is 0 Å². The molecule has 1 amide bonds. The predicted molar refractivity (Wildman–Crippen MR) is 120 cm³/mol. The molecular weight excluding hydrogens is 412 g/mol. The average Bonchev–Trinajstić information content (AvgIpc) is 3.44. The first-order valence-electron chi connectivity index (χ1n) is 10.1. The lowest BCUT2D eigenvalue weighted by molar-refractivity contribution is 0.0934. The van der Waals surface area contributed by atoms with E-state index in [-0.39, 0.29) is 18.0 Å². The highest BCUT2D eigenvalue weighted by Gasteiger charge is 2.21. The van der Waals surface area contributed by atoms with E-state index in [0.717, 1.165) is 29.2 Å². The van der Waals surface area contributed by atoms with Crippen LogP contribution in [-0.4, -0.2) is 52.7 Å². The highest BCUT2D eigenvalue weighted by atomic mass is 32.2. The van der Waals surface area contributed by atoms with Gasteiger partial charge in [-0.2, -0.15) is 16.6 Å². The zero-order chi connectivity index (χ0) is 21.8. The molecular formula is C21H24N8OS. The molecule has 160 valence electrons. The molecule has 0 spiro atoms. The van der Waals surface area contributed by atoms with E-state index >= 15 is 0 Å². The van der Waals surface area contributed by atoms with Gasteiger partial charge in [0.1, 0.15) is 0 Å². The summed E-state index contributed by atoms with van der Waals surface area (Å²) >= 11 is 1.73. The summed E-state index contributed by atoms with van der Waals surface area (Å²) in [4.78, 5) is 14.5. The number of nitrogens with one attached hydrogen (secondary N) is 1. The fourth-order valence-corrected chi connectivity index (χ4v) is 3.64. The van der Waals surface area contributed by atoms with Gasteiger partial charge < -0.3 is 5.32 Å². The Morgan fingerprint density at radius 1 is 1.10 bits per heavy atom. The van der Waals surface area contributed by atoms with Gasteiger partial charge in [0.15, 0.2) is 11.5 Å². The summed E-state index contributed by atoms with van der Waals surface area (Å²) < 4.78 is 1.91. The van der Waals surface area contributed by atoms with Crippen molar-refractivity contribution < 1.29 is 4.79 Å². The van der Waals surface area contributed by atoms with Crippen LogP contribution in [0.1, 0.15) is 48.5 Å². The Hall–Kier alpha value is -3.27. The smallest absolute Gasteiger partial charge is 0.251 e. The molecule has 10 heteroatoms. The van der Waals surface area contributed by atoms with Crippen LogP contribution in [0.15, 0.2) is 48.7 Å². The van der Waals surface area contributed by atoms with Gasteiger partial charge in [0.2, 0.25) is 5.82 Å². The maximum Gasteiger partial charge on any atom is 0.251 e. The van der Waals surface area contributed by atoms with Crippen molar-refractivity contribution in [2.24, 2.45) is 0 Å². The molecule has 3 aromatic heterocycles. The molecule has 4 rings (SSSR count). The van der Waals surface area contributed by atoms with Crippen LogP contribution in [0.2, 0.25) is 0 Å². The lowest BCUT2D eigenvalue weighted by atomic mass is 10.1. The van der Waals surface area contributed by atoms with Gasteiger partial charge in [-0.1, -0.05) is 18.2 Å². The summed E-state index contributed by atoms with van der Waals surface area (Å²) in [6.45, 7) is 3.98. The molecule has 31 heavy (non-hydrogen) atoms. The van der Waals surface area contributed by atoms with Crippen LogP contribution in [0.4, 0.5) is 0 Å². The Morgan fingerprint density at radius 3 is 2.61 bits per heavy atom. The maximum absolute atomic E-state index is 13.0. The molecule has 0 saturated carbocycles. The fourth-order valence-electron chi connectivity index (χ4n) is 3.17. The number of carbonyl (C=O) groups excluding carboxylic acids is 1. The van der Waals surface area contributed by atoms with Crippen LogP contribution in [0, 0.1) is 0 Å². The second-order valence-electron chi connectivity index (χ2n) is 7.40. The first kappa shape index (κ1) is 21.0. The third-order valence-electron chi connectivity index (χ3n) is 4.86. The van der Waals surface area contributed by atoms with Gasteiger partial charge in [-0.15, -0.1) is 20.4 Å². The van der Waals surface area contributed by atoms with Crippen molar-refractivity contribution >= 4 is 23.3 Å². The van der Waals surface area contributed by atoms with Crippen molar-refractivity contribution in [3.8, 4) is 11.4 Å². The van der Waals surface area contributed by atoms with Crippen molar-refractivity contribution in [3.63, 3.8) is 0 Å². The number of amides is 1. The predicted octanol–water partition coefficient (Wildman–Crippen LogP) is 3.19. The Balaban J connectivity index is 1.53. The van der Waals surface area contributed by atoms with Gasteiger partial charge >= 0.3 is 0 Å². The largest absolute Gasteiger partial charge is 0.342 e. The van der Waals surface area contributed by atoms with E-state index < -0.39 is 0 Å². The zero-order valence-electron chi connectivity index (χ0n) is 17.6. The number of rotatable bonds is 8. The van der Waals surface area contributed by atoms with Gasteiger partial charge in [-0.25, -0.2) is 0 Å². The fraction of sp³-hybridized carbons (Fsp3) is 0.333. The maximum atomic E-state index is 13.0. The summed E-state index contributed by atoms with van der Waals surface area (Å²) in [5.41, 5.74) is 2.13. The van der Waals surface area contributed by atoms with E-state index in [1.54, 1.807) is 28.7 Å². The minimum absolute atomic E-state index is 0.137. The number of hydrogen-bond donors (Lipinski definition) is 1. The quantitative estimate of drug-likeness (QED) is 0.452. The normalized spacial score (nSPS) is 12.4. The summed E-state index contributed by atoms with van der Waals surface area (Å²) in [5.74, 6) is 1.99. The minimum Gasteiger partial charge on any atom is -0.342 e. The summed E-state index contributed by atoms with van der Waals surface area (Å²) in [6, 6.07) is 12.8. The Kier molecular flexibility index (Phi) is 6.26. The topological polar surface area (TPSA) is 103 Å². The van der Waals surface area contributed by atoms with Gasteiger partial charge in [0, 0.05) is 17.3 Å². The van der Waals surface area contributed by atoms with E-state index in [9.17, 15) is 4.79 Å². The molecule has 0 radical (unpaired) electrons. The second-order valence-corrected chi connectivity index (χ2v) is 8.38. The average molecular weight is 437 g/mol. The van der Waals surface area contributed by atoms with Gasteiger partial charge in [0.25, 0.3) is 5.91 Å². The monoisotopic (exact) mass is 436 g/mol. The van der Waals surface area contributed by atoms with Gasteiger partial charge in [0.05, 0.1) is 12.1 Å². The summed E-state index contributed by atoms with van der Waals surface area (Å²) in [5, 5.41) is 24.2.